The fraction of sp³-hybridized carbons (Fsp3) is 0.160. The maximum Gasteiger partial charge on any atom is 0.257 e. The number of carbonyl (C=O) groups is 1. The SMILES string of the molecule is CCc1ccc2oc(-c3cc(NC(=S)NC(=O)c4cc(C)cc(C)c4)ccc3Cl)nc2c1. The smallest absolute Gasteiger partial charge is 0.257 e. The van der Waals surface area contributed by atoms with Crippen LogP contribution in [-0.4, -0.2) is 16.0 Å². The molecule has 0 atom stereocenters. The number of oxazole rings is 1. The van der Waals surface area contributed by atoms with Gasteiger partial charge >= 0.3 is 0 Å². The molecule has 0 unspecified atom stereocenters. The Balaban J connectivity index is 1.53. The molecular formula is C25H22ClN3O2S. The number of anilines is 1. The molecule has 3 aromatic carbocycles. The first-order valence-corrected chi connectivity index (χ1v) is 11.0. The van der Waals surface area contributed by atoms with Gasteiger partial charge in [0.1, 0.15) is 5.52 Å². The predicted octanol–water partition coefficient (Wildman–Crippen LogP) is 6.45. The molecular weight excluding hydrogens is 442 g/mol. The molecule has 32 heavy (non-hydrogen) atoms. The zero-order valence-corrected chi connectivity index (χ0v) is 19.5. The second kappa shape index (κ2) is 9.10. The van der Waals surface area contributed by atoms with Gasteiger partial charge in [-0.05, 0) is 80.5 Å². The van der Waals surface area contributed by atoms with Gasteiger partial charge in [0.2, 0.25) is 5.89 Å². The Bertz CT molecular complexity index is 1330. The Morgan fingerprint density at radius 1 is 1.06 bits per heavy atom. The minimum atomic E-state index is -0.269. The molecule has 0 saturated heterocycles. The molecule has 5 nitrogen and oxygen atoms in total. The third-order valence-corrected chi connectivity index (χ3v) is 5.56. The van der Waals surface area contributed by atoms with Gasteiger partial charge in [0.05, 0.1) is 10.6 Å². The number of nitrogens with one attached hydrogen (secondary N) is 2. The highest BCUT2D eigenvalue weighted by Gasteiger charge is 2.14. The van der Waals surface area contributed by atoms with Crippen molar-refractivity contribution in [1.29, 1.82) is 0 Å². The molecule has 0 aliphatic carbocycles. The summed E-state index contributed by atoms with van der Waals surface area (Å²) in [6.07, 6.45) is 0.920. The Morgan fingerprint density at radius 3 is 2.53 bits per heavy atom. The number of thiocarbonyl (C=S) groups is 1. The van der Waals surface area contributed by atoms with Gasteiger partial charge in [-0.25, -0.2) is 4.98 Å². The molecule has 1 heterocycles. The van der Waals surface area contributed by atoms with Crippen molar-refractivity contribution in [2.24, 2.45) is 0 Å². The molecule has 4 aromatic rings. The number of amides is 1. The Labute approximate surface area is 196 Å². The van der Waals surface area contributed by atoms with Crippen molar-refractivity contribution in [3.63, 3.8) is 0 Å². The quantitative estimate of drug-likeness (QED) is 0.340. The molecule has 0 saturated carbocycles. The van der Waals surface area contributed by atoms with Crippen LogP contribution >= 0.6 is 23.8 Å². The van der Waals surface area contributed by atoms with E-state index in [2.05, 4.69) is 22.5 Å². The van der Waals surface area contributed by atoms with E-state index in [0.717, 1.165) is 23.1 Å². The number of rotatable bonds is 4. The number of halogens is 1. The molecule has 0 aliphatic rings. The van der Waals surface area contributed by atoms with Gasteiger partial charge in [-0.15, -0.1) is 0 Å². The summed E-state index contributed by atoms with van der Waals surface area (Å²) in [4.78, 5) is 17.2. The Morgan fingerprint density at radius 2 is 1.81 bits per heavy atom. The minimum Gasteiger partial charge on any atom is -0.436 e. The van der Waals surface area contributed by atoms with Crippen LogP contribution in [0, 0.1) is 13.8 Å². The summed E-state index contributed by atoms with van der Waals surface area (Å²) in [6.45, 7) is 5.99. The summed E-state index contributed by atoms with van der Waals surface area (Å²) in [5.41, 5.74) is 6.54. The molecule has 1 amide bonds. The third kappa shape index (κ3) is 4.82. The van der Waals surface area contributed by atoms with Crippen LogP contribution in [0.4, 0.5) is 5.69 Å². The highest BCUT2D eigenvalue weighted by atomic mass is 35.5. The van der Waals surface area contributed by atoms with E-state index < -0.39 is 0 Å². The van der Waals surface area contributed by atoms with Gasteiger partial charge in [0.25, 0.3) is 5.91 Å². The molecule has 1 aromatic heterocycles. The lowest BCUT2D eigenvalue weighted by molar-refractivity contribution is 0.0977. The second-order valence-electron chi connectivity index (χ2n) is 7.65. The topological polar surface area (TPSA) is 67.2 Å². The molecule has 2 N–H and O–H groups in total. The van der Waals surface area contributed by atoms with Crippen LogP contribution in [0.2, 0.25) is 5.02 Å². The van der Waals surface area contributed by atoms with Crippen LogP contribution < -0.4 is 10.6 Å². The van der Waals surface area contributed by atoms with E-state index in [-0.39, 0.29) is 11.0 Å². The van der Waals surface area contributed by atoms with Crippen molar-refractivity contribution < 1.29 is 9.21 Å². The van der Waals surface area contributed by atoms with Crippen LogP contribution in [0.15, 0.2) is 59.0 Å². The van der Waals surface area contributed by atoms with Crippen molar-refractivity contribution >= 4 is 51.6 Å². The van der Waals surface area contributed by atoms with E-state index in [1.807, 2.05) is 50.2 Å². The Kier molecular flexibility index (Phi) is 6.26. The van der Waals surface area contributed by atoms with Crippen LogP contribution in [0.3, 0.4) is 0 Å². The van der Waals surface area contributed by atoms with E-state index in [1.54, 1.807) is 18.2 Å². The average Bonchev–Trinajstić information content (AvgIpc) is 3.17. The number of fused-ring (bicyclic) bond motifs is 1. The zero-order chi connectivity index (χ0) is 22.8. The molecule has 0 radical (unpaired) electrons. The zero-order valence-electron chi connectivity index (χ0n) is 18.0. The van der Waals surface area contributed by atoms with Crippen molar-refractivity contribution in [2.45, 2.75) is 27.2 Å². The lowest BCUT2D eigenvalue weighted by Crippen LogP contribution is -2.34. The monoisotopic (exact) mass is 463 g/mol. The van der Waals surface area contributed by atoms with E-state index in [1.165, 1.54) is 5.56 Å². The normalized spacial score (nSPS) is 10.9. The standard InChI is InChI=1S/C25H22ClN3O2S/c1-4-16-5-8-22-21(12-16)28-24(31-22)19-13-18(6-7-20(19)26)27-25(32)29-23(30)17-10-14(2)9-15(3)11-17/h5-13H,4H2,1-3H3,(H2,27,29,30,32). The van der Waals surface area contributed by atoms with Gasteiger partial charge in [-0.2, -0.15) is 0 Å². The summed E-state index contributed by atoms with van der Waals surface area (Å²) in [7, 11) is 0. The number of carbonyl (C=O) groups excluding carboxylic acids is 1. The van der Waals surface area contributed by atoms with Gasteiger partial charge in [0, 0.05) is 11.3 Å². The molecule has 7 heteroatoms. The molecule has 0 bridgehead atoms. The maximum absolute atomic E-state index is 12.6. The molecule has 162 valence electrons. The molecule has 0 aliphatic heterocycles. The summed E-state index contributed by atoms with van der Waals surface area (Å²) >= 11 is 11.8. The lowest BCUT2D eigenvalue weighted by atomic mass is 10.1. The van der Waals surface area contributed by atoms with Gasteiger partial charge < -0.3 is 9.73 Å². The molecule has 0 spiro atoms. The maximum atomic E-state index is 12.6. The minimum absolute atomic E-state index is 0.188. The van der Waals surface area contributed by atoms with E-state index in [9.17, 15) is 4.79 Å². The van der Waals surface area contributed by atoms with E-state index in [0.29, 0.717) is 33.3 Å². The summed E-state index contributed by atoms with van der Waals surface area (Å²) in [5, 5.41) is 6.44. The van der Waals surface area contributed by atoms with Gasteiger partial charge in [0.15, 0.2) is 10.7 Å². The lowest BCUT2D eigenvalue weighted by Gasteiger charge is -2.11. The van der Waals surface area contributed by atoms with Gasteiger partial charge in [-0.3, -0.25) is 10.1 Å². The highest BCUT2D eigenvalue weighted by Crippen LogP contribution is 2.32. The number of hydrogen-bond donors (Lipinski definition) is 2. The van der Waals surface area contributed by atoms with Crippen molar-refractivity contribution in [3.05, 3.63) is 81.9 Å². The second-order valence-corrected chi connectivity index (χ2v) is 8.47. The molecule has 0 fully saturated rings. The number of aryl methyl sites for hydroxylation is 3. The fourth-order valence-electron chi connectivity index (χ4n) is 3.52. The van der Waals surface area contributed by atoms with E-state index >= 15 is 0 Å². The number of nitrogens with zero attached hydrogens (tertiary/aromatic N) is 1. The Hall–Kier alpha value is -3.22. The van der Waals surface area contributed by atoms with Crippen LogP contribution in [-0.2, 0) is 6.42 Å². The predicted molar refractivity (Wildman–Crippen MR) is 133 cm³/mol. The first kappa shape index (κ1) is 22.0. The highest BCUT2D eigenvalue weighted by molar-refractivity contribution is 7.80. The van der Waals surface area contributed by atoms with Crippen LogP contribution in [0.25, 0.3) is 22.6 Å². The number of hydrogen-bond acceptors (Lipinski definition) is 4. The number of benzene rings is 3. The van der Waals surface area contributed by atoms with Crippen molar-refractivity contribution in [2.75, 3.05) is 5.32 Å². The number of aromatic nitrogens is 1. The van der Waals surface area contributed by atoms with Crippen LogP contribution in [0.1, 0.15) is 34.0 Å². The average molecular weight is 464 g/mol. The van der Waals surface area contributed by atoms with Gasteiger partial charge in [-0.1, -0.05) is 41.8 Å². The first-order chi connectivity index (χ1) is 15.3. The fourth-order valence-corrected chi connectivity index (χ4v) is 3.93. The first-order valence-electron chi connectivity index (χ1n) is 10.2. The summed E-state index contributed by atoms with van der Waals surface area (Å²) in [5.74, 6) is 0.154. The molecule has 4 rings (SSSR count). The third-order valence-electron chi connectivity index (χ3n) is 5.03. The van der Waals surface area contributed by atoms with Crippen LogP contribution in [0.5, 0.6) is 0 Å². The van der Waals surface area contributed by atoms with Crippen molar-refractivity contribution in [3.8, 4) is 11.5 Å². The van der Waals surface area contributed by atoms with E-state index in [4.69, 9.17) is 28.2 Å². The largest absolute Gasteiger partial charge is 0.436 e. The summed E-state index contributed by atoms with van der Waals surface area (Å²) < 4.78 is 5.91. The summed E-state index contributed by atoms with van der Waals surface area (Å²) in [6, 6.07) is 16.9. The van der Waals surface area contributed by atoms with Crippen molar-refractivity contribution in [1.82, 2.24) is 10.3 Å².